The fraction of sp³-hybridized carbons (Fsp3) is 0.950. The molecule has 0 aromatic carbocycles. The molecule has 0 aromatic heterocycles. The zero-order chi connectivity index (χ0) is 19.5. The summed E-state index contributed by atoms with van der Waals surface area (Å²) >= 11 is 2.07. The summed E-state index contributed by atoms with van der Waals surface area (Å²) in [5.41, 5.74) is 0.235. The Kier molecular flexibility index (Phi) is 12.5. The highest BCUT2D eigenvalue weighted by molar-refractivity contribution is 14.0. The van der Waals surface area contributed by atoms with Crippen LogP contribution in [0.15, 0.2) is 4.99 Å². The van der Waals surface area contributed by atoms with E-state index in [9.17, 15) is 0 Å². The minimum absolute atomic E-state index is 0. The standard InChI is InChI=1S/C20H38N4O3S.HI/c1-21-19(22-6-2-9-27-15-18-3-10-25-11-4-18)23-16-20(5-14-28-17-20)24-7-12-26-13-8-24;/h18H,2-17H2,1H3,(H2,21,22,23);1H. The van der Waals surface area contributed by atoms with Gasteiger partial charge in [0.05, 0.1) is 13.2 Å². The zero-order valence-electron chi connectivity index (χ0n) is 17.8. The predicted octanol–water partition coefficient (Wildman–Crippen LogP) is 1.81. The molecule has 0 amide bonds. The average molecular weight is 543 g/mol. The van der Waals surface area contributed by atoms with E-state index in [1.165, 1.54) is 17.9 Å². The molecular weight excluding hydrogens is 503 g/mol. The number of nitrogens with one attached hydrogen (secondary N) is 2. The molecule has 0 saturated carbocycles. The summed E-state index contributed by atoms with van der Waals surface area (Å²) in [6, 6.07) is 0. The van der Waals surface area contributed by atoms with E-state index in [1.54, 1.807) is 0 Å². The van der Waals surface area contributed by atoms with Crippen molar-refractivity contribution in [2.45, 2.75) is 31.2 Å². The van der Waals surface area contributed by atoms with Crippen LogP contribution in [-0.2, 0) is 14.2 Å². The molecule has 0 aromatic rings. The first-order chi connectivity index (χ1) is 13.8. The monoisotopic (exact) mass is 542 g/mol. The summed E-state index contributed by atoms with van der Waals surface area (Å²) in [6.45, 7) is 9.07. The Morgan fingerprint density at radius 1 is 1.17 bits per heavy atom. The molecule has 0 radical (unpaired) electrons. The van der Waals surface area contributed by atoms with Gasteiger partial charge in [-0.15, -0.1) is 24.0 Å². The number of halogens is 1. The van der Waals surface area contributed by atoms with Gasteiger partial charge >= 0.3 is 0 Å². The largest absolute Gasteiger partial charge is 0.381 e. The van der Waals surface area contributed by atoms with Crippen LogP contribution in [0.25, 0.3) is 0 Å². The van der Waals surface area contributed by atoms with Crippen LogP contribution < -0.4 is 10.6 Å². The van der Waals surface area contributed by atoms with Gasteiger partial charge in [0.1, 0.15) is 0 Å². The lowest BCUT2D eigenvalue weighted by molar-refractivity contribution is -0.0120. The summed E-state index contributed by atoms with van der Waals surface area (Å²) in [6.07, 6.45) is 4.51. The Balaban J connectivity index is 0.00000300. The van der Waals surface area contributed by atoms with Crippen LogP contribution in [0.3, 0.4) is 0 Å². The molecule has 2 N–H and O–H groups in total. The Morgan fingerprint density at radius 3 is 2.62 bits per heavy atom. The molecule has 3 rings (SSSR count). The normalized spacial score (nSPS) is 26.9. The first kappa shape index (κ1) is 25.5. The van der Waals surface area contributed by atoms with Gasteiger partial charge in [-0.1, -0.05) is 0 Å². The summed E-state index contributed by atoms with van der Waals surface area (Å²) in [7, 11) is 1.85. The van der Waals surface area contributed by atoms with E-state index in [1.807, 2.05) is 7.05 Å². The van der Waals surface area contributed by atoms with Gasteiger partial charge in [-0.3, -0.25) is 9.89 Å². The maximum atomic E-state index is 5.85. The van der Waals surface area contributed by atoms with E-state index in [4.69, 9.17) is 14.2 Å². The van der Waals surface area contributed by atoms with Crippen LogP contribution >= 0.6 is 35.7 Å². The fourth-order valence-electron chi connectivity index (χ4n) is 4.15. The second kappa shape index (κ2) is 14.3. The third-order valence-electron chi connectivity index (χ3n) is 6.03. The molecule has 0 bridgehead atoms. The van der Waals surface area contributed by atoms with E-state index < -0.39 is 0 Å². The van der Waals surface area contributed by atoms with Gasteiger partial charge in [0.15, 0.2) is 5.96 Å². The van der Waals surface area contributed by atoms with E-state index in [-0.39, 0.29) is 29.5 Å². The van der Waals surface area contributed by atoms with Gasteiger partial charge in [-0.05, 0) is 37.4 Å². The lowest BCUT2D eigenvalue weighted by Crippen LogP contribution is -2.60. The van der Waals surface area contributed by atoms with Crippen molar-refractivity contribution in [1.29, 1.82) is 0 Å². The number of hydrogen-bond acceptors (Lipinski definition) is 6. The van der Waals surface area contributed by atoms with Gasteiger partial charge < -0.3 is 24.8 Å². The van der Waals surface area contributed by atoms with Crippen molar-refractivity contribution in [2.75, 3.05) is 84.4 Å². The molecule has 3 aliphatic heterocycles. The first-order valence-corrected chi connectivity index (χ1v) is 12.0. The molecule has 1 atom stereocenters. The molecule has 7 nitrogen and oxygen atoms in total. The van der Waals surface area contributed by atoms with Crippen molar-refractivity contribution in [2.24, 2.45) is 10.9 Å². The molecule has 3 saturated heterocycles. The predicted molar refractivity (Wildman–Crippen MR) is 131 cm³/mol. The molecule has 1 unspecified atom stereocenters. The van der Waals surface area contributed by atoms with Crippen molar-refractivity contribution in [3.63, 3.8) is 0 Å². The third kappa shape index (κ3) is 8.33. The number of ether oxygens (including phenoxy) is 3. The van der Waals surface area contributed by atoms with Gasteiger partial charge in [-0.2, -0.15) is 11.8 Å². The summed E-state index contributed by atoms with van der Waals surface area (Å²) < 4.78 is 16.8. The second-order valence-corrected chi connectivity index (χ2v) is 9.07. The van der Waals surface area contributed by atoms with Gasteiger partial charge in [-0.25, -0.2) is 0 Å². The average Bonchev–Trinajstić information content (AvgIpc) is 3.24. The maximum absolute atomic E-state index is 5.85. The Morgan fingerprint density at radius 2 is 1.93 bits per heavy atom. The van der Waals surface area contributed by atoms with E-state index in [0.29, 0.717) is 5.92 Å². The molecule has 29 heavy (non-hydrogen) atoms. The van der Waals surface area contributed by atoms with Crippen molar-refractivity contribution in [3.05, 3.63) is 0 Å². The number of thioether (sulfide) groups is 1. The quantitative estimate of drug-likeness (QED) is 0.200. The molecule has 0 aliphatic carbocycles. The van der Waals surface area contributed by atoms with Crippen molar-refractivity contribution >= 4 is 41.7 Å². The van der Waals surface area contributed by atoms with Crippen LogP contribution in [0.1, 0.15) is 25.7 Å². The van der Waals surface area contributed by atoms with Crippen LogP contribution in [0.2, 0.25) is 0 Å². The summed E-state index contributed by atoms with van der Waals surface area (Å²) in [4.78, 5) is 7.03. The number of rotatable bonds is 9. The Hall–Kier alpha value is 0.190. The van der Waals surface area contributed by atoms with Crippen molar-refractivity contribution < 1.29 is 14.2 Å². The fourth-order valence-corrected chi connectivity index (χ4v) is 5.63. The van der Waals surface area contributed by atoms with Crippen LogP contribution in [0, 0.1) is 5.92 Å². The summed E-state index contributed by atoms with van der Waals surface area (Å²) in [5, 5.41) is 7.02. The number of hydrogen-bond donors (Lipinski definition) is 2. The Bertz CT molecular complexity index is 469. The van der Waals surface area contributed by atoms with Crippen LogP contribution in [-0.4, -0.2) is 101 Å². The Labute approximate surface area is 197 Å². The number of guanidine groups is 1. The number of nitrogens with zero attached hydrogens (tertiary/aromatic N) is 2. The summed E-state index contributed by atoms with van der Waals surface area (Å²) in [5.74, 6) is 4.01. The molecular formula is C20H39IN4O3S. The van der Waals surface area contributed by atoms with Crippen LogP contribution in [0.5, 0.6) is 0 Å². The number of aliphatic imine (C=N–C) groups is 1. The van der Waals surface area contributed by atoms with E-state index in [2.05, 4.69) is 32.3 Å². The van der Waals surface area contributed by atoms with E-state index >= 15 is 0 Å². The van der Waals surface area contributed by atoms with Gasteiger partial charge in [0.2, 0.25) is 0 Å². The van der Waals surface area contributed by atoms with E-state index in [0.717, 1.165) is 91.0 Å². The molecule has 170 valence electrons. The van der Waals surface area contributed by atoms with Crippen molar-refractivity contribution in [1.82, 2.24) is 15.5 Å². The lowest BCUT2D eigenvalue weighted by atomic mass is 9.95. The topological polar surface area (TPSA) is 67.4 Å². The number of morpholine rings is 1. The van der Waals surface area contributed by atoms with Crippen LogP contribution in [0.4, 0.5) is 0 Å². The molecule has 0 spiro atoms. The van der Waals surface area contributed by atoms with Gasteiger partial charge in [0.25, 0.3) is 0 Å². The highest BCUT2D eigenvalue weighted by Gasteiger charge is 2.40. The molecule has 3 aliphatic rings. The SMILES string of the molecule is CN=C(NCCCOCC1CCOCC1)NCC1(N2CCOCC2)CCSC1.I. The minimum Gasteiger partial charge on any atom is -0.381 e. The maximum Gasteiger partial charge on any atom is 0.191 e. The molecule has 9 heteroatoms. The first-order valence-electron chi connectivity index (χ1n) is 10.8. The highest BCUT2D eigenvalue weighted by atomic mass is 127. The van der Waals surface area contributed by atoms with Crippen molar-refractivity contribution in [3.8, 4) is 0 Å². The molecule has 3 fully saturated rings. The second-order valence-electron chi connectivity index (χ2n) is 7.96. The highest BCUT2D eigenvalue weighted by Crippen LogP contribution is 2.33. The third-order valence-corrected chi connectivity index (χ3v) is 7.26. The lowest BCUT2D eigenvalue weighted by Gasteiger charge is -2.43. The van der Waals surface area contributed by atoms with Gasteiger partial charge in [0, 0.05) is 70.9 Å². The zero-order valence-corrected chi connectivity index (χ0v) is 21.0. The minimum atomic E-state index is 0. The molecule has 3 heterocycles. The smallest absolute Gasteiger partial charge is 0.191 e.